The molecule has 0 aliphatic carbocycles. The smallest absolute Gasteiger partial charge is 0.249 e. The molecule has 0 saturated carbocycles. The molecule has 0 aromatic heterocycles. The highest BCUT2D eigenvalue weighted by Crippen LogP contribution is 2.15. The number of carbonyl (C=O) groups is 1. The maximum absolute atomic E-state index is 12.5. The van der Waals surface area contributed by atoms with Crippen molar-refractivity contribution >= 4 is 5.91 Å². The minimum Gasteiger partial charge on any atom is -0.394 e. The van der Waals surface area contributed by atoms with Gasteiger partial charge in [-0.3, -0.25) is 4.79 Å². The zero-order valence-electron chi connectivity index (χ0n) is 37.3. The number of amides is 1. The predicted molar refractivity (Wildman–Crippen MR) is 246 cm³/mol. The molecule has 0 aromatic carbocycles. The minimum atomic E-state index is -1.29. The van der Waals surface area contributed by atoms with E-state index < -0.39 is 36.9 Å². The van der Waals surface area contributed by atoms with Crippen LogP contribution in [0.3, 0.4) is 0 Å². The molecular weight excluding hydrogens is 707 g/mol. The van der Waals surface area contributed by atoms with Crippen LogP contribution < -0.4 is 5.32 Å². The molecule has 0 fully saturated rings. The Labute approximate surface area is 352 Å². The molecule has 4 unspecified atom stereocenters. The number of aliphatic hydroxyl groups is 4. The second kappa shape index (κ2) is 45.1. The first-order valence-corrected chi connectivity index (χ1v) is 24.2. The monoisotopic (exact) mass is 800 g/mol. The van der Waals surface area contributed by atoms with Crippen LogP contribution in [0.1, 0.15) is 226 Å². The third-order valence-corrected chi connectivity index (χ3v) is 10.9. The quantitative estimate of drug-likeness (QED) is 0.0312. The molecule has 4 atom stereocenters. The first-order chi connectivity index (χ1) is 28.0. The maximum Gasteiger partial charge on any atom is 0.249 e. The van der Waals surface area contributed by atoms with Gasteiger partial charge in [0.25, 0.3) is 0 Å². The van der Waals surface area contributed by atoms with Gasteiger partial charge in [0.2, 0.25) is 5.91 Å². The van der Waals surface area contributed by atoms with Crippen molar-refractivity contribution in [1.82, 2.24) is 5.32 Å². The fourth-order valence-corrected chi connectivity index (χ4v) is 7.12. The van der Waals surface area contributed by atoms with E-state index in [0.29, 0.717) is 19.3 Å². The molecule has 0 heterocycles. The van der Waals surface area contributed by atoms with E-state index in [2.05, 4.69) is 79.9 Å². The first kappa shape index (κ1) is 55.0. The van der Waals surface area contributed by atoms with E-state index >= 15 is 0 Å². The summed E-state index contributed by atoms with van der Waals surface area (Å²) in [5.41, 5.74) is 0. The lowest BCUT2D eigenvalue weighted by Gasteiger charge is -2.27. The van der Waals surface area contributed by atoms with Gasteiger partial charge >= 0.3 is 0 Å². The Morgan fingerprint density at radius 1 is 0.456 bits per heavy atom. The summed E-state index contributed by atoms with van der Waals surface area (Å²) in [7, 11) is 0. The lowest BCUT2D eigenvalue weighted by Crippen LogP contribution is -2.53. The number of nitrogens with one attached hydrogen (secondary N) is 1. The molecule has 6 nitrogen and oxygen atoms in total. The van der Waals surface area contributed by atoms with E-state index in [1.807, 2.05) is 0 Å². The van der Waals surface area contributed by atoms with Gasteiger partial charge in [0.15, 0.2) is 0 Å². The van der Waals surface area contributed by atoms with Crippen LogP contribution in [0, 0.1) is 0 Å². The van der Waals surface area contributed by atoms with Gasteiger partial charge in [0.1, 0.15) is 12.2 Å². The number of allylic oxidation sites excluding steroid dienone is 10. The van der Waals surface area contributed by atoms with Gasteiger partial charge in [-0.1, -0.05) is 197 Å². The summed E-state index contributed by atoms with van der Waals surface area (Å²) in [6.45, 7) is 3.92. The Morgan fingerprint density at radius 3 is 1.30 bits per heavy atom. The molecule has 0 aliphatic rings. The van der Waals surface area contributed by atoms with Crippen molar-refractivity contribution in [2.24, 2.45) is 0 Å². The van der Waals surface area contributed by atoms with Crippen LogP contribution in [0.4, 0.5) is 0 Å². The molecule has 0 rings (SSSR count). The molecule has 1 amide bonds. The van der Waals surface area contributed by atoms with Gasteiger partial charge in [-0.15, -0.1) is 0 Å². The molecule has 5 N–H and O–H groups in total. The summed E-state index contributed by atoms with van der Waals surface area (Å²) in [5.74, 6) is -0.603. The third-order valence-electron chi connectivity index (χ3n) is 10.9. The van der Waals surface area contributed by atoms with Gasteiger partial charge in [-0.25, -0.2) is 0 Å². The maximum atomic E-state index is 12.5. The molecule has 57 heavy (non-hydrogen) atoms. The van der Waals surface area contributed by atoms with E-state index in [4.69, 9.17) is 0 Å². The summed E-state index contributed by atoms with van der Waals surface area (Å²) < 4.78 is 0. The molecule has 0 saturated heterocycles. The van der Waals surface area contributed by atoms with Crippen LogP contribution in [0.2, 0.25) is 0 Å². The van der Waals surface area contributed by atoms with Crippen molar-refractivity contribution in [1.29, 1.82) is 0 Å². The summed E-state index contributed by atoms with van der Waals surface area (Å²) in [6.07, 6.45) is 57.0. The summed E-state index contributed by atoms with van der Waals surface area (Å²) in [4.78, 5) is 12.5. The Morgan fingerprint density at radius 2 is 0.842 bits per heavy atom. The summed E-state index contributed by atoms with van der Waals surface area (Å²) >= 11 is 0. The average molecular weight is 800 g/mol. The molecular formula is C51H93NO5. The van der Waals surface area contributed by atoms with Crippen molar-refractivity contribution in [2.75, 3.05) is 6.61 Å². The third kappa shape index (κ3) is 39.3. The number of carbonyl (C=O) groups excluding carboxylic acids is 1. The molecule has 332 valence electrons. The number of unbranched alkanes of at least 4 members (excludes halogenated alkanes) is 24. The van der Waals surface area contributed by atoms with Crippen molar-refractivity contribution in [3.8, 4) is 0 Å². The second-order valence-corrected chi connectivity index (χ2v) is 16.4. The molecule has 0 spiro atoms. The number of hydrogen-bond donors (Lipinski definition) is 5. The van der Waals surface area contributed by atoms with Crippen LogP contribution in [0.25, 0.3) is 0 Å². The largest absolute Gasteiger partial charge is 0.394 e. The number of hydrogen-bond acceptors (Lipinski definition) is 5. The van der Waals surface area contributed by atoms with Gasteiger partial charge in [0.05, 0.1) is 18.8 Å². The van der Waals surface area contributed by atoms with Crippen molar-refractivity contribution in [3.63, 3.8) is 0 Å². The first-order valence-electron chi connectivity index (χ1n) is 24.2. The fourth-order valence-electron chi connectivity index (χ4n) is 7.12. The van der Waals surface area contributed by atoms with Crippen LogP contribution in [-0.2, 0) is 4.79 Å². The van der Waals surface area contributed by atoms with Gasteiger partial charge in [-0.2, -0.15) is 0 Å². The fraction of sp³-hybridized carbons (Fsp3) is 0.784. The van der Waals surface area contributed by atoms with Crippen molar-refractivity contribution < 1.29 is 25.2 Å². The standard InChI is InChI=1S/C51H93NO5/c1-3-5-7-9-11-13-15-17-18-19-20-21-22-23-24-25-26-27-28-29-30-31-33-35-37-39-41-43-45-49(55)51(57)52-47(46-53)50(56)48(54)44-42-40-38-36-34-32-16-14-12-10-8-6-4-2/h6,8,14,16,20-21,23-24,36,38,47-50,53-56H,3-5,7,9-13,15,17-19,22,25-35,37,39-46H2,1-2H3,(H,52,57)/b8-6+,16-14+,21-20-,24-23-,38-36+. The number of rotatable bonds is 43. The molecule has 0 aromatic rings. The van der Waals surface area contributed by atoms with Gasteiger partial charge in [-0.05, 0) is 89.9 Å². The highest BCUT2D eigenvalue weighted by molar-refractivity contribution is 5.80. The van der Waals surface area contributed by atoms with E-state index in [1.165, 1.54) is 128 Å². The van der Waals surface area contributed by atoms with E-state index in [-0.39, 0.29) is 0 Å². The highest BCUT2D eigenvalue weighted by atomic mass is 16.3. The summed E-state index contributed by atoms with van der Waals surface area (Å²) in [6, 6.07) is -1.01. The lowest BCUT2D eigenvalue weighted by molar-refractivity contribution is -0.132. The van der Waals surface area contributed by atoms with Crippen LogP contribution >= 0.6 is 0 Å². The van der Waals surface area contributed by atoms with Crippen molar-refractivity contribution in [2.45, 2.75) is 250 Å². The zero-order chi connectivity index (χ0) is 41.7. The predicted octanol–water partition coefficient (Wildman–Crippen LogP) is 13.2. The SMILES string of the molecule is CC/C=C/CC/C=C/CC/C=C/CCCC(O)C(O)C(CO)NC(=O)C(O)CCCCCCCCCCCCCC/C=C\C/C=C\CCCCCCCCCCC. The normalized spacial score (nSPS) is 14.6. The molecule has 0 aliphatic heterocycles. The Hall–Kier alpha value is -1.99. The van der Waals surface area contributed by atoms with Gasteiger partial charge in [0, 0.05) is 0 Å². The Kier molecular flexibility index (Phi) is 43.5. The van der Waals surface area contributed by atoms with Crippen LogP contribution in [0.5, 0.6) is 0 Å². The Balaban J connectivity index is 3.69. The molecule has 6 heteroatoms. The lowest BCUT2D eigenvalue weighted by atomic mass is 10.00. The van der Waals surface area contributed by atoms with E-state index in [9.17, 15) is 25.2 Å². The minimum absolute atomic E-state index is 0.355. The average Bonchev–Trinajstić information content (AvgIpc) is 3.22. The number of aliphatic hydroxyl groups excluding tert-OH is 4. The Bertz CT molecular complexity index is 988. The second-order valence-electron chi connectivity index (χ2n) is 16.4. The van der Waals surface area contributed by atoms with E-state index in [1.54, 1.807) is 0 Å². The summed E-state index contributed by atoms with van der Waals surface area (Å²) in [5, 5.41) is 43.6. The zero-order valence-corrected chi connectivity index (χ0v) is 37.3. The van der Waals surface area contributed by atoms with E-state index in [0.717, 1.165) is 64.2 Å². The molecule has 0 radical (unpaired) electrons. The highest BCUT2D eigenvalue weighted by Gasteiger charge is 2.28. The van der Waals surface area contributed by atoms with Gasteiger partial charge < -0.3 is 25.7 Å². The topological polar surface area (TPSA) is 110 Å². The van der Waals surface area contributed by atoms with Crippen LogP contribution in [0.15, 0.2) is 60.8 Å². The molecule has 0 bridgehead atoms. The van der Waals surface area contributed by atoms with Crippen molar-refractivity contribution in [3.05, 3.63) is 60.8 Å². The van der Waals surface area contributed by atoms with Crippen LogP contribution in [-0.4, -0.2) is 57.3 Å².